The molecule has 0 spiro atoms. The molecule has 0 amide bonds. The first kappa shape index (κ1) is 12.6. The van der Waals surface area contributed by atoms with Crippen molar-refractivity contribution in [3.8, 4) is 0 Å². The molecule has 0 aliphatic heterocycles. The minimum absolute atomic E-state index is 0.0138. The highest BCUT2D eigenvalue weighted by Gasteiger charge is 2.12. The Balaban J connectivity index is 2.40. The summed E-state index contributed by atoms with van der Waals surface area (Å²) in [6, 6.07) is 2.65. The molecule has 1 aromatic heterocycles. The highest BCUT2D eigenvalue weighted by molar-refractivity contribution is 6.31. The number of nitrogens with zero attached hydrogens (tertiary/aromatic N) is 2. The number of halogens is 2. The number of hydrogen-bond donors (Lipinski definition) is 1. The van der Waals surface area contributed by atoms with E-state index in [1.54, 1.807) is 4.57 Å². The zero-order valence-corrected chi connectivity index (χ0v) is 10.4. The van der Waals surface area contributed by atoms with Crippen LogP contribution in [0.2, 0.25) is 5.02 Å². The van der Waals surface area contributed by atoms with E-state index in [2.05, 4.69) is 9.72 Å². The maximum Gasteiger partial charge on any atom is 0.307 e. The molecule has 1 aromatic carbocycles. The van der Waals surface area contributed by atoms with E-state index < -0.39 is 5.82 Å². The number of aryl methyl sites for hydroxylation is 1. The summed E-state index contributed by atoms with van der Waals surface area (Å²) >= 11 is 5.66. The van der Waals surface area contributed by atoms with Gasteiger partial charge in [0.05, 0.1) is 29.6 Å². The first-order valence-corrected chi connectivity index (χ1v) is 5.58. The van der Waals surface area contributed by atoms with Crippen molar-refractivity contribution >= 4 is 34.6 Å². The third-order valence-electron chi connectivity index (χ3n) is 2.59. The van der Waals surface area contributed by atoms with Gasteiger partial charge in [0.1, 0.15) is 5.82 Å². The third kappa shape index (κ3) is 2.24. The molecule has 0 fully saturated rings. The molecule has 2 N–H and O–H groups in total. The molecule has 5 nitrogen and oxygen atoms in total. The van der Waals surface area contributed by atoms with Crippen LogP contribution in [0.5, 0.6) is 0 Å². The van der Waals surface area contributed by atoms with Gasteiger partial charge in [-0.3, -0.25) is 4.79 Å². The summed E-state index contributed by atoms with van der Waals surface area (Å²) in [4.78, 5) is 15.1. The van der Waals surface area contributed by atoms with Gasteiger partial charge in [-0.2, -0.15) is 0 Å². The molecule has 7 heteroatoms. The second-order valence-electron chi connectivity index (χ2n) is 3.70. The number of fused-ring (bicyclic) bond motifs is 1. The molecule has 18 heavy (non-hydrogen) atoms. The Morgan fingerprint density at radius 1 is 1.61 bits per heavy atom. The molecule has 0 aliphatic rings. The number of anilines is 1. The van der Waals surface area contributed by atoms with Crippen molar-refractivity contribution in [2.24, 2.45) is 0 Å². The predicted molar refractivity (Wildman–Crippen MR) is 65.7 cm³/mol. The number of esters is 1. The number of ether oxygens (including phenoxy) is 1. The topological polar surface area (TPSA) is 70.1 Å². The molecular weight excluding hydrogens is 261 g/mol. The van der Waals surface area contributed by atoms with Crippen LogP contribution in [-0.2, 0) is 16.1 Å². The van der Waals surface area contributed by atoms with Gasteiger partial charge in [0.15, 0.2) is 0 Å². The number of imidazole rings is 1. The average molecular weight is 272 g/mol. The minimum atomic E-state index is -0.552. The smallest absolute Gasteiger partial charge is 0.307 e. The lowest BCUT2D eigenvalue weighted by atomic mass is 10.3. The normalized spacial score (nSPS) is 10.8. The lowest BCUT2D eigenvalue weighted by Crippen LogP contribution is -2.09. The van der Waals surface area contributed by atoms with E-state index in [4.69, 9.17) is 17.3 Å². The standard InChI is InChI=1S/C11H11ClFN3O2/c1-18-10(17)2-3-16-9-5-7(13)6(12)4-8(9)15-11(16)14/h4-5H,2-3H2,1H3,(H2,14,15). The van der Waals surface area contributed by atoms with Gasteiger partial charge in [-0.25, -0.2) is 9.37 Å². The summed E-state index contributed by atoms with van der Waals surface area (Å²) in [5.41, 5.74) is 6.70. The number of hydrogen-bond acceptors (Lipinski definition) is 4. The Bertz CT molecular complexity index is 612. The van der Waals surface area contributed by atoms with Crippen LogP contribution in [0.3, 0.4) is 0 Å². The van der Waals surface area contributed by atoms with Crippen molar-refractivity contribution in [2.75, 3.05) is 12.8 Å². The van der Waals surface area contributed by atoms with Crippen molar-refractivity contribution < 1.29 is 13.9 Å². The molecule has 96 valence electrons. The summed E-state index contributed by atoms with van der Waals surface area (Å²) in [5.74, 6) is -0.718. The second kappa shape index (κ2) is 4.81. The van der Waals surface area contributed by atoms with Crippen LogP contribution < -0.4 is 5.73 Å². The zero-order valence-electron chi connectivity index (χ0n) is 9.61. The number of carbonyl (C=O) groups is 1. The molecular formula is C11H11ClFN3O2. The van der Waals surface area contributed by atoms with Gasteiger partial charge in [0.25, 0.3) is 0 Å². The van der Waals surface area contributed by atoms with E-state index in [9.17, 15) is 9.18 Å². The SMILES string of the molecule is COC(=O)CCn1c(N)nc2cc(Cl)c(F)cc21. The first-order chi connectivity index (χ1) is 8.52. The molecule has 2 aromatic rings. The monoisotopic (exact) mass is 271 g/mol. The number of carbonyl (C=O) groups excluding carboxylic acids is 1. The first-order valence-electron chi connectivity index (χ1n) is 5.20. The number of nitrogen functional groups attached to an aromatic ring is 1. The highest BCUT2D eigenvalue weighted by atomic mass is 35.5. The van der Waals surface area contributed by atoms with Gasteiger partial charge >= 0.3 is 5.97 Å². The molecule has 0 atom stereocenters. The summed E-state index contributed by atoms with van der Waals surface area (Å²) in [7, 11) is 1.30. The number of methoxy groups -OCH3 is 1. The van der Waals surface area contributed by atoms with Crippen molar-refractivity contribution in [1.82, 2.24) is 9.55 Å². The van der Waals surface area contributed by atoms with Crippen LogP contribution >= 0.6 is 11.6 Å². The van der Waals surface area contributed by atoms with Crippen molar-refractivity contribution in [2.45, 2.75) is 13.0 Å². The van der Waals surface area contributed by atoms with Crippen molar-refractivity contribution in [1.29, 1.82) is 0 Å². The average Bonchev–Trinajstić information content (AvgIpc) is 2.62. The summed E-state index contributed by atoms with van der Waals surface area (Å²) in [6.07, 6.45) is 0.135. The number of nitrogens with two attached hydrogens (primary N) is 1. The largest absolute Gasteiger partial charge is 0.469 e. The molecule has 0 unspecified atom stereocenters. The summed E-state index contributed by atoms with van der Waals surface area (Å²) in [6.45, 7) is 0.274. The Hall–Kier alpha value is -1.82. The number of rotatable bonds is 3. The maximum absolute atomic E-state index is 13.4. The fraction of sp³-hybridized carbons (Fsp3) is 0.273. The lowest BCUT2D eigenvalue weighted by molar-refractivity contribution is -0.140. The molecule has 0 bridgehead atoms. The molecule has 2 rings (SSSR count). The maximum atomic E-state index is 13.4. The van der Waals surface area contributed by atoms with E-state index >= 15 is 0 Å². The van der Waals surface area contributed by atoms with Crippen LogP contribution in [0, 0.1) is 5.82 Å². The van der Waals surface area contributed by atoms with Crippen LogP contribution in [-0.4, -0.2) is 22.6 Å². The fourth-order valence-electron chi connectivity index (χ4n) is 1.68. The van der Waals surface area contributed by atoms with Gasteiger partial charge in [-0.15, -0.1) is 0 Å². The fourth-order valence-corrected chi connectivity index (χ4v) is 1.84. The Labute approximate surface area is 107 Å². The van der Waals surface area contributed by atoms with E-state index in [0.29, 0.717) is 11.0 Å². The third-order valence-corrected chi connectivity index (χ3v) is 2.88. The van der Waals surface area contributed by atoms with Gasteiger partial charge < -0.3 is 15.0 Å². The number of aromatic nitrogens is 2. The highest BCUT2D eigenvalue weighted by Crippen LogP contribution is 2.24. The second-order valence-corrected chi connectivity index (χ2v) is 4.11. The van der Waals surface area contributed by atoms with E-state index in [-0.39, 0.29) is 29.9 Å². The van der Waals surface area contributed by atoms with Gasteiger partial charge in [0, 0.05) is 12.6 Å². The predicted octanol–water partition coefficient (Wildman–Crippen LogP) is 1.97. The van der Waals surface area contributed by atoms with E-state index in [0.717, 1.165) is 0 Å². The minimum Gasteiger partial charge on any atom is -0.469 e. The lowest BCUT2D eigenvalue weighted by Gasteiger charge is -2.05. The van der Waals surface area contributed by atoms with Crippen LogP contribution in [0.1, 0.15) is 6.42 Å². The van der Waals surface area contributed by atoms with E-state index in [1.165, 1.54) is 19.2 Å². The zero-order chi connectivity index (χ0) is 13.3. The molecule has 0 aliphatic carbocycles. The molecule has 0 radical (unpaired) electrons. The molecule has 0 saturated heterocycles. The van der Waals surface area contributed by atoms with Crippen molar-refractivity contribution in [3.63, 3.8) is 0 Å². The van der Waals surface area contributed by atoms with Crippen molar-refractivity contribution in [3.05, 3.63) is 23.0 Å². The van der Waals surface area contributed by atoms with Gasteiger partial charge in [-0.05, 0) is 6.07 Å². The quantitative estimate of drug-likeness (QED) is 0.867. The van der Waals surface area contributed by atoms with Crippen LogP contribution in [0.15, 0.2) is 12.1 Å². The van der Waals surface area contributed by atoms with Crippen LogP contribution in [0.4, 0.5) is 10.3 Å². The summed E-state index contributed by atoms with van der Waals surface area (Å²) in [5, 5.41) is -0.0138. The summed E-state index contributed by atoms with van der Waals surface area (Å²) < 4.78 is 19.5. The van der Waals surface area contributed by atoms with Gasteiger partial charge in [-0.1, -0.05) is 11.6 Å². The molecule has 0 saturated carbocycles. The Morgan fingerprint density at radius 3 is 3.00 bits per heavy atom. The Kier molecular flexibility index (Phi) is 3.38. The van der Waals surface area contributed by atoms with Gasteiger partial charge in [0.2, 0.25) is 5.95 Å². The number of benzene rings is 1. The van der Waals surface area contributed by atoms with Crippen LogP contribution in [0.25, 0.3) is 11.0 Å². The Morgan fingerprint density at radius 2 is 2.33 bits per heavy atom. The molecule has 1 heterocycles. The van der Waals surface area contributed by atoms with E-state index in [1.807, 2.05) is 0 Å².